The molecule has 1 aliphatic rings. The number of esters is 1. The number of hydrogen-bond donors (Lipinski definition) is 0. The molecule has 2 aromatic carbocycles. The summed E-state index contributed by atoms with van der Waals surface area (Å²) < 4.78 is 10.7. The number of para-hydroxylation sites is 1. The van der Waals surface area contributed by atoms with Crippen LogP contribution in [-0.2, 0) is 9.53 Å². The van der Waals surface area contributed by atoms with Gasteiger partial charge in [-0.05, 0) is 36.8 Å². The van der Waals surface area contributed by atoms with Crippen LogP contribution in [0.1, 0.15) is 23.2 Å². The van der Waals surface area contributed by atoms with Crippen molar-refractivity contribution in [2.24, 2.45) is 0 Å². The van der Waals surface area contributed by atoms with Crippen LogP contribution in [0.25, 0.3) is 0 Å². The molecule has 0 aromatic heterocycles. The van der Waals surface area contributed by atoms with Crippen molar-refractivity contribution >= 4 is 17.6 Å². The lowest BCUT2D eigenvalue weighted by molar-refractivity contribution is -0.117. The average Bonchev–Trinajstić information content (AvgIpc) is 3.05. The minimum atomic E-state index is -0.417. The molecule has 1 fully saturated rings. The number of anilines is 1. The molecule has 24 heavy (non-hydrogen) atoms. The number of ether oxygens (including phenoxy) is 2. The first-order chi connectivity index (χ1) is 11.7. The van der Waals surface area contributed by atoms with Gasteiger partial charge in [0.05, 0.1) is 5.56 Å². The molecule has 0 unspecified atom stereocenters. The molecular weight excluding hydrogens is 306 g/mol. The SMILES string of the molecule is O=C(OCCOc1ccccc1)c1cccc(N2CCCC2=O)c1. The summed E-state index contributed by atoms with van der Waals surface area (Å²) in [5.41, 5.74) is 1.18. The molecule has 1 amide bonds. The largest absolute Gasteiger partial charge is 0.490 e. The number of rotatable bonds is 6. The molecule has 124 valence electrons. The zero-order valence-corrected chi connectivity index (χ0v) is 13.3. The highest BCUT2D eigenvalue weighted by Crippen LogP contribution is 2.22. The summed E-state index contributed by atoms with van der Waals surface area (Å²) in [5.74, 6) is 0.417. The lowest BCUT2D eigenvalue weighted by Gasteiger charge is -2.16. The monoisotopic (exact) mass is 325 g/mol. The Labute approximate surface area is 140 Å². The Balaban J connectivity index is 1.52. The first-order valence-electron chi connectivity index (χ1n) is 7.99. The fraction of sp³-hybridized carbons (Fsp3) is 0.263. The van der Waals surface area contributed by atoms with Crippen molar-refractivity contribution in [2.45, 2.75) is 12.8 Å². The number of carbonyl (C=O) groups excluding carboxylic acids is 2. The highest BCUT2D eigenvalue weighted by atomic mass is 16.6. The molecule has 0 spiro atoms. The molecule has 0 radical (unpaired) electrons. The minimum Gasteiger partial charge on any atom is -0.490 e. The highest BCUT2D eigenvalue weighted by Gasteiger charge is 2.22. The Morgan fingerprint density at radius 2 is 1.88 bits per heavy atom. The summed E-state index contributed by atoms with van der Waals surface area (Å²) in [6.07, 6.45) is 1.41. The smallest absolute Gasteiger partial charge is 0.338 e. The second-order valence-corrected chi connectivity index (χ2v) is 5.50. The van der Waals surface area contributed by atoms with Crippen molar-refractivity contribution in [2.75, 3.05) is 24.7 Å². The maximum atomic E-state index is 12.1. The second kappa shape index (κ2) is 7.64. The van der Waals surface area contributed by atoms with Gasteiger partial charge in [-0.2, -0.15) is 0 Å². The molecule has 1 heterocycles. The van der Waals surface area contributed by atoms with E-state index in [0.29, 0.717) is 25.1 Å². The Morgan fingerprint density at radius 1 is 1.04 bits per heavy atom. The van der Waals surface area contributed by atoms with E-state index >= 15 is 0 Å². The van der Waals surface area contributed by atoms with Gasteiger partial charge in [0.1, 0.15) is 19.0 Å². The molecule has 5 heteroatoms. The van der Waals surface area contributed by atoms with Gasteiger partial charge >= 0.3 is 5.97 Å². The number of hydrogen-bond acceptors (Lipinski definition) is 4. The van der Waals surface area contributed by atoms with Crippen molar-refractivity contribution in [3.63, 3.8) is 0 Å². The van der Waals surface area contributed by atoms with Crippen molar-refractivity contribution in [3.8, 4) is 5.75 Å². The van der Waals surface area contributed by atoms with E-state index < -0.39 is 5.97 Å². The number of carbonyl (C=O) groups is 2. The van der Waals surface area contributed by atoms with E-state index in [1.54, 1.807) is 23.1 Å². The second-order valence-electron chi connectivity index (χ2n) is 5.50. The van der Waals surface area contributed by atoms with Gasteiger partial charge in [0.15, 0.2) is 0 Å². The van der Waals surface area contributed by atoms with Crippen LogP contribution in [0.5, 0.6) is 5.75 Å². The van der Waals surface area contributed by atoms with E-state index in [-0.39, 0.29) is 12.5 Å². The molecule has 0 bridgehead atoms. The van der Waals surface area contributed by atoms with E-state index in [9.17, 15) is 9.59 Å². The van der Waals surface area contributed by atoms with Gasteiger partial charge in [0.25, 0.3) is 0 Å². The van der Waals surface area contributed by atoms with Gasteiger partial charge in [-0.25, -0.2) is 4.79 Å². The number of benzene rings is 2. The molecule has 1 saturated heterocycles. The zero-order valence-electron chi connectivity index (χ0n) is 13.3. The topological polar surface area (TPSA) is 55.8 Å². The summed E-state index contributed by atoms with van der Waals surface area (Å²) in [5, 5.41) is 0. The molecule has 3 rings (SSSR count). The van der Waals surface area contributed by atoms with Crippen molar-refractivity contribution in [1.29, 1.82) is 0 Å². The van der Waals surface area contributed by atoms with E-state index in [4.69, 9.17) is 9.47 Å². The molecule has 0 atom stereocenters. The predicted molar refractivity (Wildman–Crippen MR) is 90.2 cm³/mol. The van der Waals surface area contributed by atoms with Gasteiger partial charge < -0.3 is 14.4 Å². The number of nitrogens with zero attached hydrogens (tertiary/aromatic N) is 1. The fourth-order valence-corrected chi connectivity index (χ4v) is 2.62. The van der Waals surface area contributed by atoms with Crippen LogP contribution in [-0.4, -0.2) is 31.6 Å². The first-order valence-corrected chi connectivity index (χ1v) is 7.99. The molecule has 5 nitrogen and oxygen atoms in total. The normalized spacial score (nSPS) is 13.8. The quantitative estimate of drug-likeness (QED) is 0.605. The summed E-state index contributed by atoms with van der Waals surface area (Å²) in [6, 6.07) is 16.3. The molecule has 0 saturated carbocycles. The van der Waals surface area contributed by atoms with Crippen molar-refractivity contribution in [3.05, 3.63) is 60.2 Å². The maximum Gasteiger partial charge on any atom is 0.338 e. The standard InChI is InChI=1S/C19H19NO4/c21-18-10-5-11-20(18)16-7-4-6-15(14-16)19(22)24-13-12-23-17-8-2-1-3-9-17/h1-4,6-9,14H,5,10-13H2. The average molecular weight is 325 g/mol. The summed E-state index contributed by atoms with van der Waals surface area (Å²) in [4.78, 5) is 25.6. The highest BCUT2D eigenvalue weighted by molar-refractivity contribution is 5.97. The fourth-order valence-electron chi connectivity index (χ4n) is 2.62. The Kier molecular flexibility index (Phi) is 5.11. The van der Waals surface area contributed by atoms with Crippen molar-refractivity contribution in [1.82, 2.24) is 0 Å². The van der Waals surface area contributed by atoms with Crippen LogP contribution in [0.3, 0.4) is 0 Å². The van der Waals surface area contributed by atoms with E-state index in [2.05, 4.69) is 0 Å². The van der Waals surface area contributed by atoms with Crippen LogP contribution in [0.2, 0.25) is 0 Å². The Bertz CT molecular complexity index is 714. The predicted octanol–water partition coefficient (Wildman–Crippen LogP) is 3.05. The van der Waals surface area contributed by atoms with Gasteiger partial charge in [-0.15, -0.1) is 0 Å². The van der Waals surface area contributed by atoms with Gasteiger partial charge in [-0.1, -0.05) is 24.3 Å². The third-order valence-corrected chi connectivity index (χ3v) is 3.80. The number of amides is 1. The third-order valence-electron chi connectivity index (χ3n) is 3.80. The molecule has 0 N–H and O–H groups in total. The third kappa shape index (κ3) is 3.93. The van der Waals surface area contributed by atoms with E-state index in [0.717, 1.165) is 17.9 Å². The van der Waals surface area contributed by atoms with Crippen LogP contribution in [0.15, 0.2) is 54.6 Å². The lowest BCUT2D eigenvalue weighted by Crippen LogP contribution is -2.24. The lowest BCUT2D eigenvalue weighted by atomic mass is 10.2. The van der Waals surface area contributed by atoms with E-state index in [1.165, 1.54) is 0 Å². The van der Waals surface area contributed by atoms with Crippen LogP contribution < -0.4 is 9.64 Å². The minimum absolute atomic E-state index is 0.0942. The summed E-state index contributed by atoms with van der Waals surface area (Å²) in [6.45, 7) is 1.16. The van der Waals surface area contributed by atoms with Crippen LogP contribution in [0, 0.1) is 0 Å². The summed E-state index contributed by atoms with van der Waals surface area (Å²) in [7, 11) is 0. The summed E-state index contributed by atoms with van der Waals surface area (Å²) >= 11 is 0. The first kappa shape index (κ1) is 16.1. The molecule has 1 aliphatic heterocycles. The van der Waals surface area contributed by atoms with Gasteiger partial charge in [-0.3, -0.25) is 4.79 Å². The maximum absolute atomic E-state index is 12.1. The van der Waals surface area contributed by atoms with Gasteiger partial charge in [0, 0.05) is 18.7 Å². The van der Waals surface area contributed by atoms with Crippen LogP contribution >= 0.6 is 0 Å². The van der Waals surface area contributed by atoms with Crippen molar-refractivity contribution < 1.29 is 19.1 Å². The van der Waals surface area contributed by atoms with E-state index in [1.807, 2.05) is 36.4 Å². The Hall–Kier alpha value is -2.82. The zero-order chi connectivity index (χ0) is 16.8. The Morgan fingerprint density at radius 3 is 2.62 bits per heavy atom. The molecule has 0 aliphatic carbocycles. The molecular formula is C19H19NO4. The molecule has 2 aromatic rings. The van der Waals surface area contributed by atoms with Crippen LogP contribution in [0.4, 0.5) is 5.69 Å². The van der Waals surface area contributed by atoms with Gasteiger partial charge in [0.2, 0.25) is 5.91 Å².